The first-order valence-electron chi connectivity index (χ1n) is 9.49. The molecule has 148 valence electrons. The summed E-state index contributed by atoms with van der Waals surface area (Å²) in [5.41, 5.74) is 2.51. The molecule has 1 aromatic carbocycles. The predicted molar refractivity (Wildman–Crippen MR) is 105 cm³/mol. The Hall–Kier alpha value is -2.71. The molecule has 3 heterocycles. The number of hydrogen-bond acceptors (Lipinski definition) is 8. The maximum atomic E-state index is 9.61. The average Bonchev–Trinajstić information content (AvgIpc) is 3.11. The maximum absolute atomic E-state index is 9.61. The number of fused-ring (bicyclic) bond motifs is 1. The molecule has 0 unspecified atom stereocenters. The second kappa shape index (κ2) is 8.12. The average molecular weight is 383 g/mol. The first kappa shape index (κ1) is 18.6. The van der Waals surface area contributed by atoms with Gasteiger partial charge in [-0.3, -0.25) is 4.90 Å². The standard InChI is InChI=1S/C20H25N5O3/c1-14-18-19(21-13-22-20(18)28-23-14)25-8-7-24(16(12-25)6-9-26)11-15-4-3-5-17(10-15)27-2/h3-5,10,13,16,26H,6-9,11-12H2,1-2H3/t16-/m0/s1. The molecule has 0 bridgehead atoms. The minimum absolute atomic E-state index is 0.151. The van der Waals surface area contributed by atoms with Crippen LogP contribution in [-0.4, -0.2) is 64.5 Å². The third kappa shape index (κ3) is 3.65. The van der Waals surface area contributed by atoms with Gasteiger partial charge in [0.05, 0.1) is 12.8 Å². The molecule has 28 heavy (non-hydrogen) atoms. The van der Waals surface area contributed by atoms with Crippen LogP contribution in [-0.2, 0) is 6.54 Å². The molecule has 0 radical (unpaired) electrons. The first-order valence-corrected chi connectivity index (χ1v) is 9.49. The van der Waals surface area contributed by atoms with Crippen molar-refractivity contribution in [2.75, 3.05) is 38.3 Å². The molecule has 0 spiro atoms. The highest BCUT2D eigenvalue weighted by Crippen LogP contribution is 2.28. The fourth-order valence-electron chi connectivity index (χ4n) is 3.87. The Labute approximate surface area is 163 Å². The minimum atomic E-state index is 0.151. The van der Waals surface area contributed by atoms with Gasteiger partial charge in [0, 0.05) is 38.8 Å². The number of piperazine rings is 1. The van der Waals surface area contributed by atoms with Crippen LogP contribution < -0.4 is 9.64 Å². The summed E-state index contributed by atoms with van der Waals surface area (Å²) in [6.07, 6.45) is 2.23. The largest absolute Gasteiger partial charge is 0.497 e. The summed E-state index contributed by atoms with van der Waals surface area (Å²) in [4.78, 5) is 13.3. The van der Waals surface area contributed by atoms with Gasteiger partial charge in [-0.1, -0.05) is 17.3 Å². The Morgan fingerprint density at radius 2 is 2.18 bits per heavy atom. The number of aliphatic hydroxyl groups is 1. The monoisotopic (exact) mass is 383 g/mol. The molecule has 0 aliphatic carbocycles. The van der Waals surface area contributed by atoms with Gasteiger partial charge >= 0.3 is 0 Å². The first-order chi connectivity index (χ1) is 13.7. The van der Waals surface area contributed by atoms with Gasteiger partial charge in [0.1, 0.15) is 23.3 Å². The number of ether oxygens (including phenoxy) is 1. The van der Waals surface area contributed by atoms with Crippen molar-refractivity contribution in [3.63, 3.8) is 0 Å². The number of aromatic nitrogens is 3. The smallest absolute Gasteiger partial charge is 0.263 e. The van der Waals surface area contributed by atoms with Crippen LogP contribution in [0.15, 0.2) is 35.1 Å². The molecule has 1 N–H and O–H groups in total. The van der Waals surface area contributed by atoms with Gasteiger partial charge in [0.15, 0.2) is 0 Å². The highest BCUT2D eigenvalue weighted by atomic mass is 16.5. The zero-order valence-electron chi connectivity index (χ0n) is 16.2. The highest BCUT2D eigenvalue weighted by Gasteiger charge is 2.29. The van der Waals surface area contributed by atoms with Gasteiger partial charge in [-0.2, -0.15) is 4.98 Å². The third-order valence-corrected chi connectivity index (χ3v) is 5.31. The minimum Gasteiger partial charge on any atom is -0.497 e. The number of hydrogen-bond donors (Lipinski definition) is 1. The maximum Gasteiger partial charge on any atom is 0.263 e. The fraction of sp³-hybridized carbons (Fsp3) is 0.450. The summed E-state index contributed by atoms with van der Waals surface area (Å²) < 4.78 is 10.6. The van der Waals surface area contributed by atoms with Gasteiger partial charge < -0.3 is 19.3 Å². The molecule has 1 fully saturated rings. The molecular weight excluding hydrogens is 358 g/mol. The van der Waals surface area contributed by atoms with Gasteiger partial charge in [0.2, 0.25) is 0 Å². The summed E-state index contributed by atoms with van der Waals surface area (Å²) in [6.45, 7) is 5.37. The normalized spacial score (nSPS) is 18.0. The van der Waals surface area contributed by atoms with E-state index in [9.17, 15) is 5.11 Å². The molecule has 8 nitrogen and oxygen atoms in total. The van der Waals surface area contributed by atoms with E-state index in [1.165, 1.54) is 11.9 Å². The van der Waals surface area contributed by atoms with Gasteiger partial charge in [0.25, 0.3) is 5.71 Å². The SMILES string of the molecule is COc1cccc(CN2CCN(c3ncnc4onc(C)c34)C[C@@H]2CCO)c1. The number of rotatable bonds is 6. The van der Waals surface area contributed by atoms with Crippen molar-refractivity contribution in [2.24, 2.45) is 0 Å². The number of nitrogens with zero attached hydrogens (tertiary/aromatic N) is 5. The van der Waals surface area contributed by atoms with E-state index in [0.717, 1.165) is 48.8 Å². The molecule has 4 rings (SSSR count). The molecule has 1 aliphatic heterocycles. The van der Waals surface area contributed by atoms with E-state index >= 15 is 0 Å². The summed E-state index contributed by atoms with van der Waals surface area (Å²) in [5.74, 6) is 1.72. The zero-order chi connectivity index (χ0) is 19.5. The molecule has 3 aromatic rings. The number of aliphatic hydroxyl groups excluding tert-OH is 1. The van der Waals surface area contributed by atoms with Gasteiger partial charge in [-0.25, -0.2) is 4.98 Å². The lowest BCUT2D eigenvalue weighted by molar-refractivity contribution is 0.135. The summed E-state index contributed by atoms with van der Waals surface area (Å²) in [5, 5.41) is 14.5. The van der Waals surface area contributed by atoms with Crippen molar-refractivity contribution in [3.8, 4) is 5.75 Å². The van der Waals surface area contributed by atoms with E-state index in [1.807, 2.05) is 19.1 Å². The molecular formula is C20H25N5O3. The van der Waals surface area contributed by atoms with Crippen LogP contribution in [0.5, 0.6) is 5.75 Å². The Morgan fingerprint density at radius 3 is 3.00 bits per heavy atom. The van der Waals surface area contributed by atoms with E-state index in [1.54, 1.807) is 7.11 Å². The zero-order valence-corrected chi connectivity index (χ0v) is 16.2. The van der Waals surface area contributed by atoms with Crippen molar-refractivity contribution in [1.82, 2.24) is 20.0 Å². The molecule has 1 aliphatic rings. The highest BCUT2D eigenvalue weighted by molar-refractivity contribution is 5.87. The number of benzene rings is 1. The molecule has 0 amide bonds. The van der Waals surface area contributed by atoms with Crippen molar-refractivity contribution in [2.45, 2.75) is 25.9 Å². The van der Waals surface area contributed by atoms with Crippen LogP contribution in [0.3, 0.4) is 0 Å². The Bertz CT molecular complexity index is 944. The Kier molecular flexibility index (Phi) is 5.40. The lowest BCUT2D eigenvalue weighted by Gasteiger charge is -2.42. The lowest BCUT2D eigenvalue weighted by atomic mass is 10.1. The van der Waals surface area contributed by atoms with Gasteiger partial charge in [-0.15, -0.1) is 0 Å². The van der Waals surface area contributed by atoms with Crippen molar-refractivity contribution >= 4 is 16.9 Å². The predicted octanol–water partition coefficient (Wildman–Crippen LogP) is 2.01. The van der Waals surface area contributed by atoms with E-state index < -0.39 is 0 Å². The fourth-order valence-corrected chi connectivity index (χ4v) is 3.87. The number of aryl methyl sites for hydroxylation is 1. The van der Waals surface area contributed by atoms with Crippen LogP contribution in [0.25, 0.3) is 11.1 Å². The number of anilines is 1. The molecule has 2 aromatic heterocycles. The number of methoxy groups -OCH3 is 1. The molecule has 8 heteroatoms. The van der Waals surface area contributed by atoms with E-state index in [4.69, 9.17) is 9.26 Å². The second-order valence-electron chi connectivity index (χ2n) is 7.08. The van der Waals surface area contributed by atoms with Crippen LogP contribution in [0, 0.1) is 6.92 Å². The van der Waals surface area contributed by atoms with Crippen molar-refractivity contribution < 1.29 is 14.4 Å². The summed E-state index contributed by atoms with van der Waals surface area (Å²) in [6, 6.07) is 8.36. The van der Waals surface area contributed by atoms with Crippen LogP contribution in [0.1, 0.15) is 17.7 Å². The van der Waals surface area contributed by atoms with Crippen LogP contribution >= 0.6 is 0 Å². The van der Waals surface area contributed by atoms with E-state index in [-0.39, 0.29) is 12.6 Å². The Morgan fingerprint density at radius 1 is 1.29 bits per heavy atom. The van der Waals surface area contributed by atoms with E-state index in [0.29, 0.717) is 12.1 Å². The quantitative estimate of drug-likeness (QED) is 0.692. The Balaban J connectivity index is 1.55. The second-order valence-corrected chi connectivity index (χ2v) is 7.08. The topological polar surface area (TPSA) is 87.8 Å². The molecule has 0 saturated carbocycles. The van der Waals surface area contributed by atoms with Crippen LogP contribution in [0.4, 0.5) is 5.82 Å². The molecule has 1 saturated heterocycles. The van der Waals surface area contributed by atoms with Gasteiger partial charge in [-0.05, 0) is 31.0 Å². The van der Waals surface area contributed by atoms with E-state index in [2.05, 4.69) is 37.1 Å². The third-order valence-electron chi connectivity index (χ3n) is 5.31. The van der Waals surface area contributed by atoms with Crippen LogP contribution in [0.2, 0.25) is 0 Å². The molecule has 1 atom stereocenters. The van der Waals surface area contributed by atoms with Crippen molar-refractivity contribution in [3.05, 3.63) is 41.9 Å². The summed E-state index contributed by atoms with van der Waals surface area (Å²) in [7, 11) is 1.68. The summed E-state index contributed by atoms with van der Waals surface area (Å²) >= 11 is 0. The van der Waals surface area contributed by atoms with Crippen molar-refractivity contribution in [1.29, 1.82) is 0 Å². The lowest BCUT2D eigenvalue weighted by Crippen LogP contribution is -2.53.